The van der Waals surface area contributed by atoms with E-state index in [4.69, 9.17) is 4.74 Å². The minimum absolute atomic E-state index is 0.739. The summed E-state index contributed by atoms with van der Waals surface area (Å²) in [7, 11) is 1.74. The first-order valence-corrected chi connectivity index (χ1v) is 13.4. The summed E-state index contributed by atoms with van der Waals surface area (Å²) in [4.78, 5) is 5.22. The Balaban J connectivity index is 1.10. The van der Waals surface area contributed by atoms with Gasteiger partial charge in [0, 0.05) is 31.0 Å². The molecule has 2 aromatic carbocycles. The Morgan fingerprint density at radius 2 is 1.49 bits per heavy atom. The maximum Gasteiger partial charge on any atom is 0.123 e. The highest BCUT2D eigenvalue weighted by atomic mass is 16.5. The average Bonchev–Trinajstić information content (AvgIpc) is 3.40. The molecule has 3 heterocycles. The third-order valence-electron chi connectivity index (χ3n) is 7.75. The van der Waals surface area contributed by atoms with E-state index < -0.39 is 0 Å². The topological polar surface area (TPSA) is 33.5 Å². The van der Waals surface area contributed by atoms with Gasteiger partial charge in [-0.1, -0.05) is 36.8 Å². The first-order chi connectivity index (χ1) is 17.2. The molecule has 0 amide bonds. The van der Waals surface area contributed by atoms with Gasteiger partial charge in [-0.3, -0.25) is 14.5 Å². The fraction of sp³-hybridized carbons (Fsp3) is 0.500. The molecular formula is C30H40N4O. The van der Waals surface area contributed by atoms with E-state index in [1.807, 2.05) is 23.1 Å². The second-order valence-electron chi connectivity index (χ2n) is 10.4. The van der Waals surface area contributed by atoms with Crippen molar-refractivity contribution < 1.29 is 4.74 Å². The van der Waals surface area contributed by atoms with Gasteiger partial charge in [-0.15, -0.1) is 0 Å². The number of aromatic nitrogens is 2. The predicted octanol–water partition coefficient (Wildman–Crippen LogP) is 5.38. The van der Waals surface area contributed by atoms with Gasteiger partial charge in [-0.2, -0.15) is 5.10 Å². The van der Waals surface area contributed by atoms with Gasteiger partial charge in [0.2, 0.25) is 0 Å². The maximum absolute atomic E-state index is 5.60. The molecule has 5 rings (SSSR count). The Kier molecular flexibility index (Phi) is 8.17. The number of hydrogen-bond acceptors (Lipinski definition) is 4. The van der Waals surface area contributed by atoms with Gasteiger partial charge in [0.05, 0.1) is 13.7 Å². The summed E-state index contributed by atoms with van der Waals surface area (Å²) in [5, 5.41) is 4.35. The Bertz CT molecular complexity index is 1030. The van der Waals surface area contributed by atoms with E-state index in [0.29, 0.717) is 0 Å². The molecule has 3 aromatic rings. The van der Waals surface area contributed by atoms with Gasteiger partial charge >= 0.3 is 0 Å². The van der Waals surface area contributed by atoms with E-state index in [1.54, 1.807) is 7.11 Å². The van der Waals surface area contributed by atoms with E-state index in [0.717, 1.165) is 31.3 Å². The quantitative estimate of drug-likeness (QED) is 0.419. The molecule has 5 heteroatoms. The number of ether oxygens (including phenoxy) is 1. The van der Waals surface area contributed by atoms with Gasteiger partial charge in [0.15, 0.2) is 0 Å². The van der Waals surface area contributed by atoms with E-state index >= 15 is 0 Å². The van der Waals surface area contributed by atoms with Gasteiger partial charge in [0.1, 0.15) is 5.75 Å². The van der Waals surface area contributed by atoms with E-state index in [-0.39, 0.29) is 0 Å². The van der Waals surface area contributed by atoms with E-state index in [1.165, 1.54) is 87.0 Å². The zero-order valence-electron chi connectivity index (χ0n) is 21.2. The van der Waals surface area contributed by atoms with E-state index in [9.17, 15) is 0 Å². The van der Waals surface area contributed by atoms with Crippen molar-refractivity contribution in [2.75, 3.05) is 33.3 Å². The van der Waals surface area contributed by atoms with Crippen LogP contribution in [-0.4, -0.2) is 52.9 Å². The number of methoxy groups -OCH3 is 1. The molecule has 35 heavy (non-hydrogen) atoms. The molecule has 2 aliphatic rings. The first-order valence-electron chi connectivity index (χ1n) is 13.4. The molecule has 0 N–H and O–H groups in total. The summed E-state index contributed by atoms with van der Waals surface area (Å²) < 4.78 is 7.55. The highest BCUT2D eigenvalue weighted by Crippen LogP contribution is 2.26. The summed E-state index contributed by atoms with van der Waals surface area (Å²) in [5.74, 6) is 1.73. The fourth-order valence-corrected chi connectivity index (χ4v) is 5.72. The van der Waals surface area contributed by atoms with Crippen LogP contribution in [-0.2, 0) is 26.1 Å². The van der Waals surface area contributed by atoms with Crippen LogP contribution in [0, 0.1) is 5.92 Å². The molecular weight excluding hydrogens is 432 g/mol. The highest BCUT2D eigenvalue weighted by molar-refractivity contribution is 5.37. The minimum Gasteiger partial charge on any atom is -0.496 e. The van der Waals surface area contributed by atoms with Crippen LogP contribution in [0.3, 0.4) is 0 Å². The maximum atomic E-state index is 5.60. The van der Waals surface area contributed by atoms with Crippen LogP contribution in [0.5, 0.6) is 5.75 Å². The van der Waals surface area contributed by atoms with Crippen LogP contribution >= 0.6 is 0 Å². The molecule has 2 aliphatic heterocycles. The van der Waals surface area contributed by atoms with Crippen molar-refractivity contribution in [2.45, 2.75) is 58.2 Å². The van der Waals surface area contributed by atoms with Gasteiger partial charge in [-0.25, -0.2) is 0 Å². The van der Waals surface area contributed by atoms with Crippen LogP contribution < -0.4 is 4.74 Å². The van der Waals surface area contributed by atoms with Crippen LogP contribution in [0.4, 0.5) is 0 Å². The molecule has 0 spiro atoms. The van der Waals surface area contributed by atoms with Crippen LogP contribution in [0.25, 0.3) is 0 Å². The molecule has 0 aliphatic carbocycles. The monoisotopic (exact) mass is 472 g/mol. The Morgan fingerprint density at radius 3 is 2.20 bits per heavy atom. The van der Waals surface area contributed by atoms with Crippen LogP contribution in [0.15, 0.2) is 60.9 Å². The lowest BCUT2D eigenvalue weighted by Crippen LogP contribution is -2.33. The fourth-order valence-electron chi connectivity index (χ4n) is 5.72. The number of nitrogens with zero attached hydrogens (tertiary/aromatic N) is 4. The molecule has 2 saturated heterocycles. The second-order valence-corrected chi connectivity index (χ2v) is 10.4. The third kappa shape index (κ3) is 6.74. The zero-order chi connectivity index (χ0) is 23.9. The minimum atomic E-state index is 0.739. The zero-order valence-corrected chi connectivity index (χ0v) is 21.2. The van der Waals surface area contributed by atoms with Crippen molar-refractivity contribution in [3.05, 3.63) is 83.2 Å². The van der Waals surface area contributed by atoms with Gasteiger partial charge in [-0.05, 0) is 99.1 Å². The summed E-state index contributed by atoms with van der Waals surface area (Å²) in [6.45, 7) is 7.76. The lowest BCUT2D eigenvalue weighted by Gasteiger charge is -2.32. The second kappa shape index (κ2) is 11.9. The average molecular weight is 473 g/mol. The van der Waals surface area contributed by atoms with Crippen LogP contribution in [0.2, 0.25) is 0 Å². The molecule has 2 fully saturated rings. The predicted molar refractivity (Wildman–Crippen MR) is 142 cm³/mol. The summed E-state index contributed by atoms with van der Waals surface area (Å²) in [6.07, 6.45) is 11.7. The molecule has 0 saturated carbocycles. The van der Waals surface area contributed by atoms with Gasteiger partial charge in [0.25, 0.3) is 0 Å². The lowest BCUT2D eigenvalue weighted by atomic mass is 9.89. The van der Waals surface area contributed by atoms with Crippen molar-refractivity contribution in [2.24, 2.45) is 5.92 Å². The molecule has 0 bridgehead atoms. The smallest absolute Gasteiger partial charge is 0.123 e. The highest BCUT2D eigenvalue weighted by Gasteiger charge is 2.20. The van der Waals surface area contributed by atoms with Gasteiger partial charge < -0.3 is 4.74 Å². The summed E-state index contributed by atoms with van der Waals surface area (Å²) in [5.41, 5.74) is 5.52. The summed E-state index contributed by atoms with van der Waals surface area (Å²) in [6, 6.07) is 18.1. The number of rotatable bonds is 9. The molecule has 1 aromatic heterocycles. The third-order valence-corrected chi connectivity index (χ3v) is 7.75. The number of hydrogen-bond donors (Lipinski definition) is 0. The normalized spacial score (nSPS) is 18.1. The molecule has 0 unspecified atom stereocenters. The van der Waals surface area contributed by atoms with Crippen LogP contribution in [0.1, 0.15) is 54.4 Å². The van der Waals surface area contributed by atoms with Crippen molar-refractivity contribution in [3.63, 3.8) is 0 Å². The summed E-state index contributed by atoms with van der Waals surface area (Å²) >= 11 is 0. The lowest BCUT2D eigenvalue weighted by molar-refractivity contribution is 0.177. The molecule has 186 valence electrons. The van der Waals surface area contributed by atoms with Crippen molar-refractivity contribution in [1.82, 2.24) is 19.6 Å². The van der Waals surface area contributed by atoms with Crippen molar-refractivity contribution in [3.8, 4) is 5.75 Å². The Hall–Kier alpha value is -2.63. The van der Waals surface area contributed by atoms with E-state index in [2.05, 4.69) is 57.4 Å². The largest absolute Gasteiger partial charge is 0.496 e. The number of benzene rings is 2. The van der Waals surface area contributed by atoms with Crippen molar-refractivity contribution >= 4 is 0 Å². The number of piperidine rings is 2. The molecule has 5 nitrogen and oxygen atoms in total. The molecule has 0 radical (unpaired) electrons. The van der Waals surface area contributed by atoms with Crippen molar-refractivity contribution in [1.29, 1.82) is 0 Å². The Morgan fingerprint density at radius 1 is 0.800 bits per heavy atom. The Labute approximate surface area is 210 Å². The SMILES string of the molecule is COc1ccc(CN2CCC(Cc3ccc(CN4CCCCC4)cc3)CC2)cc1Cn1cccn1. The first kappa shape index (κ1) is 24.1. The molecule has 0 atom stereocenters. The standard InChI is InChI=1S/C30H40N4O/c1-35-30-11-10-28(21-29(30)24-34-17-5-14-31-34)23-33-18-12-26(13-19-33)20-25-6-8-27(9-7-25)22-32-15-3-2-4-16-32/h5-11,14,17,21,26H,2-4,12-13,15-16,18-20,22-24H2,1H3. The number of likely N-dealkylation sites (tertiary alicyclic amines) is 2.